The van der Waals surface area contributed by atoms with Gasteiger partial charge in [-0.25, -0.2) is 4.79 Å². The molecule has 22 heavy (non-hydrogen) atoms. The van der Waals surface area contributed by atoms with Crippen LogP contribution in [0.2, 0.25) is 0 Å². The van der Waals surface area contributed by atoms with Crippen LogP contribution in [0.4, 0.5) is 0 Å². The molecule has 0 radical (unpaired) electrons. The number of carbonyl (C=O) groups is 2. The van der Waals surface area contributed by atoms with Crippen molar-refractivity contribution in [1.29, 1.82) is 0 Å². The highest BCUT2D eigenvalue weighted by molar-refractivity contribution is 7.80. The molecule has 0 aromatic heterocycles. The maximum Gasteiger partial charge on any atom is 0.328 e. The molecule has 1 unspecified atom stereocenters. The summed E-state index contributed by atoms with van der Waals surface area (Å²) >= 11 is 4.10. The fraction of sp³-hybridized carbons (Fsp3) is 0.882. The Morgan fingerprint density at radius 3 is 2.05 bits per heavy atom. The molecule has 0 aliphatic rings. The molecule has 0 aromatic carbocycles. The van der Waals surface area contributed by atoms with Crippen LogP contribution in [0.15, 0.2) is 0 Å². The number of unbranched alkanes of at least 4 members (excludes halogenated alkanes) is 8. The first kappa shape index (κ1) is 21.3. The molecule has 0 aliphatic carbocycles. The van der Waals surface area contributed by atoms with Gasteiger partial charge in [0.2, 0.25) is 5.91 Å². The smallest absolute Gasteiger partial charge is 0.328 e. The van der Waals surface area contributed by atoms with Crippen molar-refractivity contribution in [3.63, 3.8) is 0 Å². The van der Waals surface area contributed by atoms with Crippen molar-refractivity contribution in [2.24, 2.45) is 0 Å². The van der Waals surface area contributed by atoms with Crippen LogP contribution in [0, 0.1) is 0 Å². The predicted octanol–water partition coefficient (Wildman–Crippen LogP) is 3.89. The summed E-state index contributed by atoms with van der Waals surface area (Å²) in [7, 11) is 1.33. The van der Waals surface area contributed by atoms with Gasteiger partial charge in [0, 0.05) is 6.42 Å². The zero-order valence-corrected chi connectivity index (χ0v) is 15.1. The molecule has 0 saturated carbocycles. The number of rotatable bonds is 14. The van der Waals surface area contributed by atoms with Crippen molar-refractivity contribution >= 4 is 24.5 Å². The molecule has 0 saturated heterocycles. The Bertz CT molecular complexity index is 298. The van der Waals surface area contributed by atoms with Crippen LogP contribution >= 0.6 is 12.6 Å². The van der Waals surface area contributed by atoms with Crippen LogP contribution in [0.5, 0.6) is 0 Å². The van der Waals surface area contributed by atoms with Crippen molar-refractivity contribution in [2.75, 3.05) is 12.9 Å². The summed E-state index contributed by atoms with van der Waals surface area (Å²) in [5.74, 6) is 0.0764. The summed E-state index contributed by atoms with van der Waals surface area (Å²) in [6.07, 6.45) is 12.0. The van der Waals surface area contributed by atoms with Crippen molar-refractivity contribution in [2.45, 2.75) is 83.6 Å². The first-order chi connectivity index (χ1) is 10.7. The SMILES string of the molecule is CCCCCCCCCCCC(=O)NC(CCS)C(=O)OC. The lowest BCUT2D eigenvalue weighted by molar-refractivity contribution is -0.145. The zero-order chi connectivity index (χ0) is 16.6. The van der Waals surface area contributed by atoms with Gasteiger partial charge in [-0.1, -0.05) is 58.3 Å². The molecule has 1 atom stereocenters. The van der Waals surface area contributed by atoms with E-state index in [2.05, 4.69) is 29.6 Å². The van der Waals surface area contributed by atoms with Gasteiger partial charge in [0.15, 0.2) is 0 Å². The third kappa shape index (κ3) is 11.9. The molecule has 0 aliphatic heterocycles. The number of ether oxygens (including phenoxy) is 1. The number of hydrogen-bond acceptors (Lipinski definition) is 4. The number of thiol groups is 1. The maximum atomic E-state index is 11.8. The Morgan fingerprint density at radius 1 is 1.00 bits per heavy atom. The molecule has 1 amide bonds. The van der Waals surface area contributed by atoms with E-state index in [1.807, 2.05) is 0 Å². The number of nitrogens with one attached hydrogen (secondary N) is 1. The standard InChI is InChI=1S/C17H33NO3S/c1-3-4-5-6-7-8-9-10-11-12-16(19)18-15(13-14-22)17(20)21-2/h15,22H,3-14H2,1-2H3,(H,18,19). The molecular weight excluding hydrogens is 298 g/mol. The van der Waals surface area contributed by atoms with Gasteiger partial charge in [0.1, 0.15) is 6.04 Å². The number of hydrogen-bond donors (Lipinski definition) is 2. The van der Waals surface area contributed by atoms with E-state index < -0.39 is 12.0 Å². The molecule has 4 nitrogen and oxygen atoms in total. The number of esters is 1. The molecule has 0 rings (SSSR count). The highest BCUT2D eigenvalue weighted by Crippen LogP contribution is 2.10. The summed E-state index contributed by atoms with van der Waals surface area (Å²) in [4.78, 5) is 23.3. The minimum absolute atomic E-state index is 0.0693. The monoisotopic (exact) mass is 331 g/mol. The molecular formula is C17H33NO3S. The van der Waals surface area contributed by atoms with Gasteiger partial charge in [-0.2, -0.15) is 12.6 Å². The average Bonchev–Trinajstić information content (AvgIpc) is 2.52. The van der Waals surface area contributed by atoms with Crippen molar-refractivity contribution in [3.8, 4) is 0 Å². The molecule has 130 valence electrons. The van der Waals surface area contributed by atoms with Gasteiger partial charge in [0.05, 0.1) is 7.11 Å². The Labute approximate surface area is 141 Å². The zero-order valence-electron chi connectivity index (χ0n) is 14.2. The van der Waals surface area contributed by atoms with Crippen LogP contribution < -0.4 is 5.32 Å². The van der Waals surface area contributed by atoms with E-state index >= 15 is 0 Å². The number of amides is 1. The third-order valence-corrected chi connectivity index (χ3v) is 4.00. The topological polar surface area (TPSA) is 55.4 Å². The predicted molar refractivity (Wildman–Crippen MR) is 94.3 cm³/mol. The Kier molecular flexibility index (Phi) is 14.7. The number of carbonyl (C=O) groups excluding carboxylic acids is 2. The van der Waals surface area contributed by atoms with Crippen molar-refractivity contribution in [3.05, 3.63) is 0 Å². The largest absolute Gasteiger partial charge is 0.467 e. The van der Waals surface area contributed by atoms with E-state index in [0.717, 1.165) is 12.8 Å². The van der Waals surface area contributed by atoms with E-state index in [4.69, 9.17) is 0 Å². The average molecular weight is 332 g/mol. The van der Waals surface area contributed by atoms with E-state index in [9.17, 15) is 9.59 Å². The molecule has 0 aromatic rings. The minimum atomic E-state index is -0.562. The lowest BCUT2D eigenvalue weighted by Crippen LogP contribution is -2.41. The third-order valence-electron chi connectivity index (χ3n) is 3.75. The Morgan fingerprint density at radius 2 is 1.55 bits per heavy atom. The molecule has 0 heterocycles. The quantitative estimate of drug-likeness (QED) is 0.288. The molecule has 0 bridgehead atoms. The van der Waals surface area contributed by atoms with E-state index in [-0.39, 0.29) is 5.91 Å². The first-order valence-electron chi connectivity index (χ1n) is 8.63. The second kappa shape index (κ2) is 15.2. The maximum absolute atomic E-state index is 11.8. The molecule has 0 fully saturated rings. The molecule has 5 heteroatoms. The van der Waals surface area contributed by atoms with Gasteiger partial charge in [-0.3, -0.25) is 4.79 Å². The van der Waals surface area contributed by atoms with Gasteiger partial charge < -0.3 is 10.1 Å². The fourth-order valence-corrected chi connectivity index (χ4v) is 2.64. The summed E-state index contributed by atoms with van der Waals surface area (Å²) in [6, 6.07) is -0.562. The van der Waals surface area contributed by atoms with Crippen molar-refractivity contribution < 1.29 is 14.3 Å². The Hall–Kier alpha value is -0.710. The van der Waals surface area contributed by atoms with Crippen LogP contribution in [0.3, 0.4) is 0 Å². The van der Waals surface area contributed by atoms with Crippen molar-refractivity contribution in [1.82, 2.24) is 5.32 Å². The summed E-state index contributed by atoms with van der Waals surface area (Å²) in [6.45, 7) is 2.23. The van der Waals surface area contributed by atoms with Gasteiger partial charge in [0.25, 0.3) is 0 Å². The highest BCUT2D eigenvalue weighted by atomic mass is 32.1. The van der Waals surface area contributed by atoms with Gasteiger partial charge in [-0.15, -0.1) is 0 Å². The number of methoxy groups -OCH3 is 1. The summed E-state index contributed by atoms with van der Waals surface area (Å²) in [5.41, 5.74) is 0. The minimum Gasteiger partial charge on any atom is -0.467 e. The first-order valence-corrected chi connectivity index (χ1v) is 9.27. The highest BCUT2D eigenvalue weighted by Gasteiger charge is 2.20. The van der Waals surface area contributed by atoms with Gasteiger partial charge >= 0.3 is 5.97 Å². The second-order valence-electron chi connectivity index (χ2n) is 5.73. The van der Waals surface area contributed by atoms with Crippen LogP contribution in [-0.2, 0) is 14.3 Å². The molecule has 1 N–H and O–H groups in total. The van der Waals surface area contributed by atoms with E-state index in [0.29, 0.717) is 18.6 Å². The lowest BCUT2D eigenvalue weighted by Gasteiger charge is -2.15. The summed E-state index contributed by atoms with van der Waals surface area (Å²) < 4.78 is 4.68. The van der Waals surface area contributed by atoms with Crippen LogP contribution in [0.1, 0.15) is 77.6 Å². The van der Waals surface area contributed by atoms with Gasteiger partial charge in [-0.05, 0) is 18.6 Å². The summed E-state index contributed by atoms with van der Waals surface area (Å²) in [5, 5.41) is 2.73. The van der Waals surface area contributed by atoms with E-state index in [1.54, 1.807) is 0 Å². The fourth-order valence-electron chi connectivity index (χ4n) is 2.38. The molecule has 0 spiro atoms. The normalized spacial score (nSPS) is 12.0. The van der Waals surface area contributed by atoms with Crippen LogP contribution in [-0.4, -0.2) is 30.8 Å². The van der Waals surface area contributed by atoms with E-state index in [1.165, 1.54) is 52.1 Å². The van der Waals surface area contributed by atoms with Crippen LogP contribution in [0.25, 0.3) is 0 Å². The lowest BCUT2D eigenvalue weighted by atomic mass is 10.1. The second-order valence-corrected chi connectivity index (χ2v) is 6.18. The Balaban J connectivity index is 3.61.